The van der Waals surface area contributed by atoms with Crippen molar-refractivity contribution in [1.29, 1.82) is 0 Å². The molecule has 0 amide bonds. The van der Waals surface area contributed by atoms with Gasteiger partial charge in [0.05, 0.1) is 12.0 Å². The number of imidazole rings is 1. The van der Waals surface area contributed by atoms with Gasteiger partial charge in [-0.2, -0.15) is 0 Å². The number of hydrogen-bond acceptors (Lipinski definition) is 3. The van der Waals surface area contributed by atoms with E-state index in [0.717, 1.165) is 11.1 Å². The third-order valence-corrected chi connectivity index (χ3v) is 3.45. The number of hydrogen-bond donors (Lipinski definition) is 2. The minimum absolute atomic E-state index is 0.127. The van der Waals surface area contributed by atoms with Crippen LogP contribution in [0, 0.1) is 0 Å². The fourth-order valence-electron chi connectivity index (χ4n) is 2.60. The Labute approximate surface area is 99.7 Å². The number of fused-ring (bicyclic) bond motifs is 1. The molecule has 2 unspecified atom stereocenters. The summed E-state index contributed by atoms with van der Waals surface area (Å²) in [6.45, 7) is 0. The molecule has 0 bridgehead atoms. The molecular weight excluding hydrogens is 214 g/mol. The summed E-state index contributed by atoms with van der Waals surface area (Å²) in [5.41, 5.74) is 7.59. The Kier molecular flexibility index (Phi) is 2.11. The lowest BCUT2D eigenvalue weighted by molar-refractivity contribution is 0.0734. The molecule has 1 aromatic carbocycles. The fourth-order valence-corrected chi connectivity index (χ4v) is 2.60. The topological polar surface area (TPSA) is 64.1 Å². The average molecular weight is 229 g/mol. The molecule has 0 aliphatic heterocycles. The molecule has 17 heavy (non-hydrogen) atoms. The number of aromatic nitrogens is 2. The third kappa shape index (κ3) is 1.41. The quantitative estimate of drug-likeness (QED) is 0.768. The lowest BCUT2D eigenvalue weighted by Gasteiger charge is -2.21. The molecule has 0 saturated heterocycles. The monoisotopic (exact) mass is 229 g/mol. The van der Waals surface area contributed by atoms with E-state index in [1.165, 1.54) is 0 Å². The highest BCUT2D eigenvalue weighted by Crippen LogP contribution is 2.45. The molecule has 2 aromatic rings. The first-order valence-electron chi connectivity index (χ1n) is 5.67. The molecule has 1 aliphatic rings. The highest BCUT2D eigenvalue weighted by molar-refractivity contribution is 5.44. The number of benzene rings is 1. The number of nitrogens with zero attached hydrogens (tertiary/aromatic N) is 2. The zero-order valence-corrected chi connectivity index (χ0v) is 9.67. The summed E-state index contributed by atoms with van der Waals surface area (Å²) in [7, 11) is 1.89. The predicted octanol–water partition coefficient (Wildman–Crippen LogP) is 1.06. The Bertz CT molecular complexity index is 563. The van der Waals surface area contributed by atoms with Crippen molar-refractivity contribution < 1.29 is 5.11 Å². The molecular formula is C13H15N3O. The van der Waals surface area contributed by atoms with Gasteiger partial charge < -0.3 is 15.4 Å². The van der Waals surface area contributed by atoms with Crippen LogP contribution in [-0.4, -0.2) is 14.7 Å². The predicted molar refractivity (Wildman–Crippen MR) is 64.2 cm³/mol. The molecule has 1 aromatic heterocycles. The number of nitrogens with two attached hydrogens (primary N) is 1. The van der Waals surface area contributed by atoms with Crippen molar-refractivity contribution in [2.45, 2.75) is 18.1 Å². The lowest BCUT2D eigenvalue weighted by Crippen LogP contribution is -2.25. The Hall–Kier alpha value is -1.65. The second-order valence-electron chi connectivity index (χ2n) is 4.68. The second-order valence-corrected chi connectivity index (χ2v) is 4.68. The Balaban J connectivity index is 2.17. The third-order valence-electron chi connectivity index (χ3n) is 3.45. The summed E-state index contributed by atoms with van der Waals surface area (Å²) < 4.78 is 1.83. The van der Waals surface area contributed by atoms with Crippen LogP contribution in [0.3, 0.4) is 0 Å². The van der Waals surface area contributed by atoms with Crippen LogP contribution in [-0.2, 0) is 12.6 Å². The maximum absolute atomic E-state index is 10.8. The van der Waals surface area contributed by atoms with E-state index in [4.69, 9.17) is 5.73 Å². The summed E-state index contributed by atoms with van der Waals surface area (Å²) in [5, 5.41) is 10.8. The lowest BCUT2D eigenvalue weighted by atomic mass is 9.93. The zero-order valence-electron chi connectivity index (χ0n) is 9.67. The Morgan fingerprint density at radius 2 is 2.24 bits per heavy atom. The van der Waals surface area contributed by atoms with Gasteiger partial charge in [0.1, 0.15) is 5.60 Å². The number of aryl methyl sites for hydroxylation is 1. The van der Waals surface area contributed by atoms with Crippen molar-refractivity contribution in [2.24, 2.45) is 12.8 Å². The molecule has 1 heterocycles. The van der Waals surface area contributed by atoms with Gasteiger partial charge >= 0.3 is 0 Å². The molecule has 2 atom stereocenters. The minimum Gasteiger partial charge on any atom is -0.379 e. The SMILES string of the molecule is Cn1cnc(C2(O)CC(N)c3ccccc32)c1. The first kappa shape index (κ1) is 10.5. The molecule has 4 heteroatoms. The molecule has 0 radical (unpaired) electrons. The van der Waals surface area contributed by atoms with Gasteiger partial charge in [0, 0.05) is 25.7 Å². The van der Waals surface area contributed by atoms with Crippen molar-refractivity contribution in [3.63, 3.8) is 0 Å². The summed E-state index contributed by atoms with van der Waals surface area (Å²) in [6, 6.07) is 7.64. The van der Waals surface area contributed by atoms with Crippen LogP contribution in [0.1, 0.15) is 29.3 Å². The highest BCUT2D eigenvalue weighted by Gasteiger charge is 2.43. The first-order chi connectivity index (χ1) is 8.11. The van der Waals surface area contributed by atoms with Crippen molar-refractivity contribution in [3.05, 3.63) is 53.6 Å². The van der Waals surface area contributed by atoms with Gasteiger partial charge in [0.15, 0.2) is 0 Å². The standard InChI is InChI=1S/C13H15N3O/c1-16-7-12(15-8-16)13(17)6-11(14)9-4-2-3-5-10(9)13/h2-5,7-8,11,17H,6,14H2,1H3. The summed E-state index contributed by atoms with van der Waals surface area (Å²) >= 11 is 0. The van der Waals surface area contributed by atoms with Gasteiger partial charge in [-0.3, -0.25) is 0 Å². The van der Waals surface area contributed by atoms with E-state index in [2.05, 4.69) is 4.98 Å². The van der Waals surface area contributed by atoms with E-state index in [-0.39, 0.29) is 6.04 Å². The Morgan fingerprint density at radius 3 is 2.94 bits per heavy atom. The summed E-state index contributed by atoms with van der Waals surface area (Å²) in [4.78, 5) is 4.26. The summed E-state index contributed by atoms with van der Waals surface area (Å²) in [6.07, 6.45) is 4.03. The van der Waals surface area contributed by atoms with Gasteiger partial charge in [-0.05, 0) is 11.1 Å². The maximum Gasteiger partial charge on any atom is 0.135 e. The molecule has 3 N–H and O–H groups in total. The van der Waals surface area contributed by atoms with Gasteiger partial charge in [-0.25, -0.2) is 4.98 Å². The largest absolute Gasteiger partial charge is 0.379 e. The van der Waals surface area contributed by atoms with Crippen molar-refractivity contribution >= 4 is 0 Å². The van der Waals surface area contributed by atoms with Crippen LogP contribution >= 0.6 is 0 Å². The van der Waals surface area contributed by atoms with Crippen molar-refractivity contribution in [3.8, 4) is 0 Å². The van der Waals surface area contributed by atoms with Crippen LogP contribution in [0.5, 0.6) is 0 Å². The van der Waals surface area contributed by atoms with Crippen LogP contribution in [0.4, 0.5) is 0 Å². The van der Waals surface area contributed by atoms with E-state index in [1.54, 1.807) is 6.33 Å². The van der Waals surface area contributed by atoms with Gasteiger partial charge in [-0.1, -0.05) is 24.3 Å². The summed E-state index contributed by atoms with van der Waals surface area (Å²) in [5.74, 6) is 0. The van der Waals surface area contributed by atoms with Gasteiger partial charge in [-0.15, -0.1) is 0 Å². The maximum atomic E-state index is 10.8. The molecule has 88 valence electrons. The van der Waals surface area contributed by atoms with Crippen LogP contribution < -0.4 is 5.73 Å². The van der Waals surface area contributed by atoms with E-state index < -0.39 is 5.60 Å². The van der Waals surface area contributed by atoms with E-state index in [0.29, 0.717) is 12.1 Å². The second kappa shape index (κ2) is 3.42. The van der Waals surface area contributed by atoms with Crippen LogP contribution in [0.2, 0.25) is 0 Å². The number of rotatable bonds is 1. The fraction of sp³-hybridized carbons (Fsp3) is 0.308. The Morgan fingerprint density at radius 1 is 1.47 bits per heavy atom. The first-order valence-corrected chi connectivity index (χ1v) is 5.67. The van der Waals surface area contributed by atoms with Crippen LogP contribution in [0.15, 0.2) is 36.8 Å². The highest BCUT2D eigenvalue weighted by atomic mass is 16.3. The molecule has 3 rings (SSSR count). The molecule has 4 nitrogen and oxygen atoms in total. The van der Waals surface area contributed by atoms with Gasteiger partial charge in [0.2, 0.25) is 0 Å². The van der Waals surface area contributed by atoms with Crippen molar-refractivity contribution in [2.75, 3.05) is 0 Å². The molecule has 0 spiro atoms. The van der Waals surface area contributed by atoms with E-state index >= 15 is 0 Å². The smallest absolute Gasteiger partial charge is 0.135 e. The van der Waals surface area contributed by atoms with Gasteiger partial charge in [0.25, 0.3) is 0 Å². The number of aliphatic hydroxyl groups is 1. The minimum atomic E-state index is -1.04. The molecule has 1 aliphatic carbocycles. The van der Waals surface area contributed by atoms with E-state index in [1.807, 2.05) is 42.1 Å². The van der Waals surface area contributed by atoms with Crippen LogP contribution in [0.25, 0.3) is 0 Å². The van der Waals surface area contributed by atoms with Crippen molar-refractivity contribution in [1.82, 2.24) is 9.55 Å². The zero-order chi connectivity index (χ0) is 12.0. The molecule has 0 fully saturated rings. The molecule has 0 saturated carbocycles. The average Bonchev–Trinajstić information content (AvgIpc) is 2.85. The normalized spacial score (nSPS) is 27.1. The van der Waals surface area contributed by atoms with E-state index in [9.17, 15) is 5.11 Å².